The Morgan fingerprint density at radius 3 is 2.60 bits per heavy atom. The molecule has 15 heavy (non-hydrogen) atoms. The second-order valence-corrected chi connectivity index (χ2v) is 3.68. The molecule has 0 amide bonds. The van der Waals surface area contributed by atoms with Crippen molar-refractivity contribution >= 4 is 0 Å². The largest absolute Gasteiger partial charge is 0.493 e. The zero-order valence-electron chi connectivity index (χ0n) is 9.17. The molecule has 84 valence electrons. The molecule has 1 rings (SSSR count). The van der Waals surface area contributed by atoms with Gasteiger partial charge in [0.25, 0.3) is 0 Å². The molecule has 0 fully saturated rings. The maximum Gasteiger partial charge on any atom is 0.165 e. The van der Waals surface area contributed by atoms with Crippen LogP contribution in [0.5, 0.6) is 5.75 Å². The number of hydroxylamine groups is 1. The van der Waals surface area contributed by atoms with Crippen LogP contribution in [0, 0.1) is 5.82 Å². The first-order valence-corrected chi connectivity index (χ1v) is 4.83. The molecule has 0 unspecified atom stereocenters. The van der Waals surface area contributed by atoms with E-state index in [2.05, 4.69) is 0 Å². The average Bonchev–Trinajstić information content (AvgIpc) is 2.17. The van der Waals surface area contributed by atoms with Crippen molar-refractivity contribution in [2.24, 2.45) is 0 Å². The van der Waals surface area contributed by atoms with Crippen LogP contribution < -0.4 is 10.2 Å². The standard InChI is InChI=1S/C11H16FNO2/c1-7(2)8-4-9(6-13-14)11(15-3)10(12)5-8/h4-5,7,13-14H,6H2,1-3H3. The SMILES string of the molecule is COc1c(F)cc(C(C)C)cc1CNO. The molecule has 0 spiro atoms. The van der Waals surface area contributed by atoms with E-state index in [-0.39, 0.29) is 18.2 Å². The minimum Gasteiger partial charge on any atom is -0.493 e. The summed E-state index contributed by atoms with van der Waals surface area (Å²) in [5.74, 6) is 0.0257. The van der Waals surface area contributed by atoms with Crippen molar-refractivity contribution in [3.8, 4) is 5.75 Å². The molecule has 1 aromatic carbocycles. The first-order chi connectivity index (χ1) is 7.10. The fraction of sp³-hybridized carbons (Fsp3) is 0.455. The van der Waals surface area contributed by atoms with Gasteiger partial charge in [-0.1, -0.05) is 19.9 Å². The maximum absolute atomic E-state index is 13.6. The van der Waals surface area contributed by atoms with Crippen LogP contribution >= 0.6 is 0 Å². The van der Waals surface area contributed by atoms with E-state index in [0.717, 1.165) is 5.56 Å². The molecule has 4 heteroatoms. The van der Waals surface area contributed by atoms with Crippen molar-refractivity contribution in [2.75, 3.05) is 7.11 Å². The van der Waals surface area contributed by atoms with Gasteiger partial charge < -0.3 is 9.94 Å². The van der Waals surface area contributed by atoms with Crippen LogP contribution in [0.15, 0.2) is 12.1 Å². The fourth-order valence-electron chi connectivity index (χ4n) is 1.45. The van der Waals surface area contributed by atoms with Crippen LogP contribution in [-0.4, -0.2) is 12.3 Å². The van der Waals surface area contributed by atoms with Gasteiger partial charge in [-0.25, -0.2) is 9.87 Å². The first kappa shape index (κ1) is 11.9. The number of hydrogen-bond donors (Lipinski definition) is 2. The number of hydrogen-bond acceptors (Lipinski definition) is 3. The predicted molar refractivity (Wildman–Crippen MR) is 55.7 cm³/mol. The van der Waals surface area contributed by atoms with E-state index in [1.54, 1.807) is 0 Å². The maximum atomic E-state index is 13.6. The highest BCUT2D eigenvalue weighted by atomic mass is 19.1. The van der Waals surface area contributed by atoms with Crippen molar-refractivity contribution in [3.05, 3.63) is 29.1 Å². The summed E-state index contributed by atoms with van der Waals surface area (Å²) in [6.45, 7) is 4.13. The Morgan fingerprint density at radius 1 is 1.47 bits per heavy atom. The molecule has 0 aliphatic carbocycles. The molecular formula is C11H16FNO2. The van der Waals surface area contributed by atoms with E-state index in [1.165, 1.54) is 13.2 Å². The molecule has 0 aromatic heterocycles. The highest BCUT2D eigenvalue weighted by molar-refractivity contribution is 5.39. The van der Waals surface area contributed by atoms with Crippen molar-refractivity contribution in [1.29, 1.82) is 0 Å². The summed E-state index contributed by atoms with van der Waals surface area (Å²) < 4.78 is 18.5. The molecule has 0 saturated carbocycles. The highest BCUT2D eigenvalue weighted by Crippen LogP contribution is 2.27. The molecule has 0 atom stereocenters. The summed E-state index contributed by atoms with van der Waals surface area (Å²) in [5, 5.41) is 8.63. The fourth-order valence-corrected chi connectivity index (χ4v) is 1.45. The van der Waals surface area contributed by atoms with Gasteiger partial charge in [-0.05, 0) is 17.5 Å². The van der Waals surface area contributed by atoms with Gasteiger partial charge in [0.2, 0.25) is 0 Å². The van der Waals surface area contributed by atoms with Gasteiger partial charge >= 0.3 is 0 Å². The molecule has 0 saturated heterocycles. The Bertz CT molecular complexity index is 340. The topological polar surface area (TPSA) is 41.5 Å². The number of nitrogens with one attached hydrogen (secondary N) is 1. The van der Waals surface area contributed by atoms with Gasteiger partial charge in [0.05, 0.1) is 7.11 Å². The molecule has 0 heterocycles. The molecule has 1 aromatic rings. The van der Waals surface area contributed by atoms with Crippen LogP contribution in [0.25, 0.3) is 0 Å². The van der Waals surface area contributed by atoms with E-state index in [4.69, 9.17) is 9.94 Å². The van der Waals surface area contributed by atoms with Crippen LogP contribution in [-0.2, 0) is 6.54 Å². The molecular weight excluding hydrogens is 197 g/mol. The Balaban J connectivity index is 3.19. The smallest absolute Gasteiger partial charge is 0.165 e. The van der Waals surface area contributed by atoms with Gasteiger partial charge in [0.1, 0.15) is 0 Å². The second-order valence-electron chi connectivity index (χ2n) is 3.68. The summed E-state index contributed by atoms with van der Waals surface area (Å²) in [6, 6.07) is 3.29. The van der Waals surface area contributed by atoms with E-state index in [9.17, 15) is 4.39 Å². The molecule has 0 aliphatic rings. The Labute approximate surface area is 88.8 Å². The summed E-state index contributed by atoms with van der Waals surface area (Å²) in [4.78, 5) is 0. The lowest BCUT2D eigenvalue weighted by Crippen LogP contribution is -2.09. The van der Waals surface area contributed by atoms with Crippen LogP contribution in [0.3, 0.4) is 0 Å². The van der Waals surface area contributed by atoms with Gasteiger partial charge in [-0.2, -0.15) is 0 Å². The monoisotopic (exact) mass is 213 g/mol. The number of rotatable bonds is 4. The third-order valence-corrected chi connectivity index (χ3v) is 2.28. The van der Waals surface area contributed by atoms with Crippen LogP contribution in [0.2, 0.25) is 0 Å². The minimum atomic E-state index is -0.394. The number of halogens is 1. The quantitative estimate of drug-likeness (QED) is 0.755. The summed E-state index contributed by atoms with van der Waals surface area (Å²) in [5.41, 5.74) is 3.51. The highest BCUT2D eigenvalue weighted by Gasteiger charge is 2.12. The lowest BCUT2D eigenvalue weighted by molar-refractivity contribution is 0.160. The van der Waals surface area contributed by atoms with Crippen LogP contribution in [0.4, 0.5) is 4.39 Å². The Hall–Kier alpha value is -1.13. The van der Waals surface area contributed by atoms with Crippen molar-refractivity contribution in [1.82, 2.24) is 5.48 Å². The zero-order chi connectivity index (χ0) is 11.4. The molecule has 0 bridgehead atoms. The van der Waals surface area contributed by atoms with Crippen molar-refractivity contribution in [2.45, 2.75) is 26.3 Å². The first-order valence-electron chi connectivity index (χ1n) is 4.83. The van der Waals surface area contributed by atoms with E-state index in [0.29, 0.717) is 5.56 Å². The molecule has 0 aliphatic heterocycles. The zero-order valence-corrected chi connectivity index (χ0v) is 9.17. The number of benzene rings is 1. The second kappa shape index (κ2) is 5.09. The third-order valence-electron chi connectivity index (χ3n) is 2.28. The average molecular weight is 213 g/mol. The molecule has 0 radical (unpaired) electrons. The van der Waals surface area contributed by atoms with Crippen molar-refractivity contribution < 1.29 is 14.3 Å². The lowest BCUT2D eigenvalue weighted by atomic mass is 10.00. The predicted octanol–water partition coefficient (Wildman–Crippen LogP) is 2.44. The summed E-state index contributed by atoms with van der Waals surface area (Å²) in [6.07, 6.45) is 0. The third kappa shape index (κ3) is 2.67. The summed E-state index contributed by atoms with van der Waals surface area (Å²) in [7, 11) is 1.41. The minimum absolute atomic E-state index is 0.167. The van der Waals surface area contributed by atoms with Gasteiger partial charge in [0.15, 0.2) is 11.6 Å². The Morgan fingerprint density at radius 2 is 2.13 bits per heavy atom. The van der Waals surface area contributed by atoms with E-state index >= 15 is 0 Å². The van der Waals surface area contributed by atoms with Crippen molar-refractivity contribution in [3.63, 3.8) is 0 Å². The molecule has 2 N–H and O–H groups in total. The van der Waals surface area contributed by atoms with E-state index < -0.39 is 5.82 Å². The van der Waals surface area contributed by atoms with Gasteiger partial charge in [-0.3, -0.25) is 0 Å². The Kier molecular flexibility index (Phi) is 4.05. The van der Waals surface area contributed by atoms with Gasteiger partial charge in [0, 0.05) is 12.1 Å². The lowest BCUT2D eigenvalue weighted by Gasteiger charge is -2.13. The molecule has 3 nitrogen and oxygen atoms in total. The number of ether oxygens (including phenoxy) is 1. The van der Waals surface area contributed by atoms with Gasteiger partial charge in [-0.15, -0.1) is 0 Å². The summed E-state index contributed by atoms with van der Waals surface area (Å²) >= 11 is 0. The number of methoxy groups -OCH3 is 1. The van der Waals surface area contributed by atoms with E-state index in [1.807, 2.05) is 25.4 Å². The normalized spacial score (nSPS) is 10.8. The van der Waals surface area contributed by atoms with Crippen LogP contribution in [0.1, 0.15) is 30.9 Å².